The summed E-state index contributed by atoms with van der Waals surface area (Å²) in [7, 11) is 0. The summed E-state index contributed by atoms with van der Waals surface area (Å²) in [6.07, 6.45) is 0.835. The molecule has 4 nitrogen and oxygen atoms in total. The lowest BCUT2D eigenvalue weighted by Gasteiger charge is -2.31. The van der Waals surface area contributed by atoms with Gasteiger partial charge in [0.15, 0.2) is 0 Å². The van der Waals surface area contributed by atoms with Crippen molar-refractivity contribution in [2.45, 2.75) is 25.0 Å². The van der Waals surface area contributed by atoms with E-state index in [1.807, 2.05) is 0 Å². The van der Waals surface area contributed by atoms with Crippen LogP contribution in [0.4, 0.5) is 0 Å². The molecule has 0 radical (unpaired) electrons. The molecule has 16 heavy (non-hydrogen) atoms. The van der Waals surface area contributed by atoms with Crippen molar-refractivity contribution in [2.24, 2.45) is 0 Å². The number of nitrogens with zero attached hydrogens (tertiary/aromatic N) is 1. The van der Waals surface area contributed by atoms with Gasteiger partial charge in [-0.25, -0.2) is 4.98 Å². The molecule has 0 saturated heterocycles. The van der Waals surface area contributed by atoms with Crippen LogP contribution in [0.2, 0.25) is 10.2 Å². The van der Waals surface area contributed by atoms with E-state index in [-0.39, 0.29) is 33.9 Å². The zero-order valence-corrected chi connectivity index (χ0v) is 9.79. The normalized spacial score (nSPS) is 23.7. The molecule has 2 rings (SSSR count). The number of nitrogens with one attached hydrogen (secondary N) is 1. The van der Waals surface area contributed by atoms with Gasteiger partial charge >= 0.3 is 0 Å². The minimum absolute atomic E-state index is 0.000603. The highest BCUT2D eigenvalue weighted by atomic mass is 35.5. The van der Waals surface area contributed by atoms with Gasteiger partial charge in [0.2, 0.25) is 0 Å². The van der Waals surface area contributed by atoms with Gasteiger partial charge in [0.1, 0.15) is 10.8 Å². The number of carbonyl (C=O) groups is 1. The quantitative estimate of drug-likeness (QED) is 0.795. The van der Waals surface area contributed by atoms with E-state index in [1.165, 1.54) is 12.1 Å². The van der Waals surface area contributed by atoms with Crippen molar-refractivity contribution in [1.29, 1.82) is 0 Å². The number of rotatable bonds is 2. The van der Waals surface area contributed by atoms with Crippen molar-refractivity contribution in [1.82, 2.24) is 10.3 Å². The van der Waals surface area contributed by atoms with Crippen molar-refractivity contribution in [3.63, 3.8) is 0 Å². The Bertz CT molecular complexity index is 419. The maximum atomic E-state index is 11.7. The van der Waals surface area contributed by atoms with Gasteiger partial charge < -0.3 is 10.4 Å². The molecule has 0 aliphatic heterocycles. The molecule has 0 spiro atoms. The molecule has 6 heteroatoms. The number of aliphatic hydroxyl groups excluding tert-OH is 1. The summed E-state index contributed by atoms with van der Waals surface area (Å²) < 4.78 is 0. The zero-order valence-electron chi connectivity index (χ0n) is 8.28. The van der Waals surface area contributed by atoms with Gasteiger partial charge in [-0.2, -0.15) is 0 Å². The minimum Gasteiger partial charge on any atom is -0.393 e. The second kappa shape index (κ2) is 4.57. The molecule has 1 heterocycles. The van der Waals surface area contributed by atoms with E-state index in [4.69, 9.17) is 28.3 Å². The van der Waals surface area contributed by atoms with E-state index in [0.717, 1.165) is 0 Å². The number of hydrogen-bond donors (Lipinski definition) is 2. The molecule has 1 aliphatic carbocycles. The van der Waals surface area contributed by atoms with Crippen molar-refractivity contribution in [2.75, 3.05) is 0 Å². The third kappa shape index (κ3) is 2.45. The first kappa shape index (κ1) is 11.6. The van der Waals surface area contributed by atoms with Gasteiger partial charge in [-0.1, -0.05) is 23.2 Å². The van der Waals surface area contributed by atoms with E-state index in [1.54, 1.807) is 0 Å². The Balaban J connectivity index is 2.05. The fourth-order valence-electron chi connectivity index (χ4n) is 1.54. The molecule has 0 bridgehead atoms. The second-order valence-electron chi connectivity index (χ2n) is 3.76. The van der Waals surface area contributed by atoms with Crippen molar-refractivity contribution >= 4 is 29.1 Å². The Hall–Kier alpha value is -0.840. The van der Waals surface area contributed by atoms with Crippen LogP contribution in [0.3, 0.4) is 0 Å². The predicted octanol–water partition coefficient (Wildman–Crippen LogP) is 1.64. The number of halogens is 2. The number of hydrogen-bond acceptors (Lipinski definition) is 3. The molecule has 0 aromatic carbocycles. The third-order valence-electron chi connectivity index (χ3n) is 2.48. The Morgan fingerprint density at radius 2 is 2.12 bits per heavy atom. The van der Waals surface area contributed by atoms with Crippen LogP contribution in [0.15, 0.2) is 12.1 Å². The van der Waals surface area contributed by atoms with Crippen LogP contribution in [-0.4, -0.2) is 28.1 Å². The second-order valence-corrected chi connectivity index (χ2v) is 4.55. The van der Waals surface area contributed by atoms with E-state index in [0.29, 0.717) is 12.8 Å². The SMILES string of the molecule is O=C(NC1CC(O)C1)c1nc(Cl)ccc1Cl. The summed E-state index contributed by atoms with van der Waals surface area (Å²) in [5.74, 6) is -0.357. The number of carbonyl (C=O) groups excluding carboxylic acids is 1. The average molecular weight is 261 g/mol. The topological polar surface area (TPSA) is 62.2 Å². The Morgan fingerprint density at radius 3 is 2.75 bits per heavy atom. The molecule has 0 atom stereocenters. The molecule has 1 aromatic heterocycles. The number of pyridine rings is 1. The lowest BCUT2D eigenvalue weighted by Crippen LogP contribution is -2.47. The molecule has 86 valence electrons. The first-order valence-electron chi connectivity index (χ1n) is 4.87. The Morgan fingerprint density at radius 1 is 1.44 bits per heavy atom. The molecule has 1 saturated carbocycles. The van der Waals surface area contributed by atoms with Gasteiger partial charge in [-0.15, -0.1) is 0 Å². The smallest absolute Gasteiger partial charge is 0.271 e. The van der Waals surface area contributed by atoms with Crippen LogP contribution in [0.25, 0.3) is 0 Å². The third-order valence-corrected chi connectivity index (χ3v) is 2.99. The molecular weight excluding hydrogens is 251 g/mol. The first-order valence-corrected chi connectivity index (χ1v) is 5.63. The fraction of sp³-hybridized carbons (Fsp3) is 0.400. The summed E-state index contributed by atoms with van der Waals surface area (Å²) in [5.41, 5.74) is 0.121. The monoisotopic (exact) mass is 260 g/mol. The predicted molar refractivity (Wildman–Crippen MR) is 60.8 cm³/mol. The van der Waals surface area contributed by atoms with Gasteiger partial charge in [-0.05, 0) is 25.0 Å². The maximum Gasteiger partial charge on any atom is 0.271 e. The van der Waals surface area contributed by atoms with Gasteiger partial charge in [0.05, 0.1) is 11.1 Å². The van der Waals surface area contributed by atoms with E-state index < -0.39 is 0 Å². The summed E-state index contributed by atoms with van der Waals surface area (Å²) >= 11 is 11.5. The molecule has 1 fully saturated rings. The van der Waals surface area contributed by atoms with Gasteiger partial charge in [0.25, 0.3) is 5.91 Å². The number of aliphatic hydroxyl groups is 1. The summed E-state index contributed by atoms with van der Waals surface area (Å²) in [6.45, 7) is 0. The van der Waals surface area contributed by atoms with Crippen molar-refractivity contribution < 1.29 is 9.90 Å². The van der Waals surface area contributed by atoms with Crippen molar-refractivity contribution in [3.05, 3.63) is 28.0 Å². The van der Waals surface area contributed by atoms with Gasteiger partial charge in [-0.3, -0.25) is 4.79 Å². The highest BCUT2D eigenvalue weighted by Crippen LogP contribution is 2.21. The minimum atomic E-state index is -0.357. The highest BCUT2D eigenvalue weighted by Gasteiger charge is 2.29. The summed E-state index contributed by atoms with van der Waals surface area (Å²) in [6, 6.07) is 3.05. The summed E-state index contributed by atoms with van der Waals surface area (Å²) in [4.78, 5) is 15.6. The van der Waals surface area contributed by atoms with Crippen LogP contribution in [0, 0.1) is 0 Å². The zero-order chi connectivity index (χ0) is 11.7. The first-order chi connectivity index (χ1) is 7.56. The van der Waals surface area contributed by atoms with Gasteiger partial charge in [0, 0.05) is 6.04 Å². The lowest BCUT2D eigenvalue weighted by atomic mass is 9.89. The molecule has 1 amide bonds. The van der Waals surface area contributed by atoms with E-state index in [9.17, 15) is 4.79 Å². The fourth-order valence-corrected chi connectivity index (χ4v) is 1.88. The molecule has 2 N–H and O–H groups in total. The molecule has 1 aliphatic rings. The van der Waals surface area contributed by atoms with Crippen LogP contribution < -0.4 is 5.32 Å². The molecule has 1 aromatic rings. The number of aromatic nitrogens is 1. The average Bonchev–Trinajstić information content (AvgIpc) is 2.19. The number of amides is 1. The van der Waals surface area contributed by atoms with Crippen molar-refractivity contribution in [3.8, 4) is 0 Å². The van der Waals surface area contributed by atoms with E-state index in [2.05, 4.69) is 10.3 Å². The highest BCUT2D eigenvalue weighted by molar-refractivity contribution is 6.34. The largest absolute Gasteiger partial charge is 0.393 e. The summed E-state index contributed by atoms with van der Waals surface area (Å²) in [5, 5.41) is 12.3. The Labute approximate surface area is 103 Å². The molecular formula is C10H10Cl2N2O2. The Kier molecular flexibility index (Phi) is 3.33. The van der Waals surface area contributed by atoms with Crippen LogP contribution in [0.5, 0.6) is 0 Å². The molecule has 0 unspecified atom stereocenters. The van der Waals surface area contributed by atoms with Crippen LogP contribution >= 0.6 is 23.2 Å². The maximum absolute atomic E-state index is 11.7. The van der Waals surface area contributed by atoms with Crippen LogP contribution in [-0.2, 0) is 0 Å². The standard InChI is InChI=1S/C10H10Cl2N2O2/c11-7-1-2-8(12)14-9(7)10(16)13-5-3-6(15)4-5/h1-2,5-6,15H,3-4H2,(H,13,16). The van der Waals surface area contributed by atoms with E-state index >= 15 is 0 Å². The van der Waals surface area contributed by atoms with Crippen LogP contribution in [0.1, 0.15) is 23.3 Å². The lowest BCUT2D eigenvalue weighted by molar-refractivity contribution is 0.0560.